The van der Waals surface area contributed by atoms with Crippen molar-refractivity contribution in [2.24, 2.45) is 0 Å². The average Bonchev–Trinajstić information content (AvgIpc) is 2.74. The molecule has 0 aliphatic heterocycles. The first-order valence-electron chi connectivity index (χ1n) is 4.52. The van der Waals surface area contributed by atoms with Gasteiger partial charge in [0.2, 0.25) is 12.3 Å². The molecule has 0 bridgehead atoms. The summed E-state index contributed by atoms with van der Waals surface area (Å²) in [7, 11) is 0. The average molecular weight is 202 g/mol. The van der Waals surface area contributed by atoms with Gasteiger partial charge in [-0.05, 0) is 24.6 Å². The Morgan fingerprint density at radius 2 is 2.33 bits per heavy atom. The summed E-state index contributed by atoms with van der Waals surface area (Å²) in [6.45, 7) is 1.96. The van der Waals surface area contributed by atoms with Gasteiger partial charge in [-0.2, -0.15) is 0 Å². The van der Waals surface area contributed by atoms with Crippen LogP contribution in [0.15, 0.2) is 35.1 Å². The number of rotatable bonds is 3. The third-order valence-corrected chi connectivity index (χ3v) is 2.13. The number of hydrogen-bond acceptors (Lipinski definition) is 3. The molecule has 0 aliphatic carbocycles. The van der Waals surface area contributed by atoms with Crippen LogP contribution < -0.4 is 5.32 Å². The van der Waals surface area contributed by atoms with E-state index >= 15 is 0 Å². The number of carbonyl (C=O) groups excluding carboxylic acids is 1. The number of amides is 1. The third kappa shape index (κ3) is 1.88. The van der Waals surface area contributed by atoms with Gasteiger partial charge in [0.05, 0.1) is 6.20 Å². The molecule has 2 rings (SSSR count). The molecule has 1 heterocycles. The van der Waals surface area contributed by atoms with Gasteiger partial charge in [0.15, 0.2) is 0 Å². The van der Waals surface area contributed by atoms with Crippen LogP contribution in [0.1, 0.15) is 5.56 Å². The highest BCUT2D eigenvalue weighted by atomic mass is 16.3. The molecule has 0 atom stereocenters. The van der Waals surface area contributed by atoms with Crippen LogP contribution in [0.25, 0.3) is 11.5 Å². The first kappa shape index (κ1) is 9.45. The van der Waals surface area contributed by atoms with Crippen molar-refractivity contribution in [2.75, 3.05) is 5.32 Å². The molecule has 4 nitrogen and oxygen atoms in total. The van der Waals surface area contributed by atoms with Crippen LogP contribution in [0.2, 0.25) is 0 Å². The van der Waals surface area contributed by atoms with E-state index in [0.29, 0.717) is 12.3 Å². The zero-order valence-electron chi connectivity index (χ0n) is 8.23. The van der Waals surface area contributed by atoms with Gasteiger partial charge in [-0.25, -0.2) is 4.98 Å². The number of aryl methyl sites for hydroxylation is 1. The Morgan fingerprint density at radius 1 is 1.47 bits per heavy atom. The van der Waals surface area contributed by atoms with E-state index in [1.54, 1.807) is 6.20 Å². The topological polar surface area (TPSA) is 55.1 Å². The molecule has 0 aliphatic rings. The van der Waals surface area contributed by atoms with Crippen molar-refractivity contribution in [1.29, 1.82) is 0 Å². The second kappa shape index (κ2) is 3.96. The summed E-state index contributed by atoms with van der Waals surface area (Å²) in [4.78, 5) is 14.4. The molecule has 0 unspecified atom stereocenters. The van der Waals surface area contributed by atoms with Gasteiger partial charge in [-0.1, -0.05) is 6.07 Å². The minimum Gasteiger partial charge on any atom is -0.445 e. The molecule has 0 fully saturated rings. The summed E-state index contributed by atoms with van der Waals surface area (Å²) in [6, 6.07) is 5.57. The second-order valence-electron chi connectivity index (χ2n) is 3.13. The summed E-state index contributed by atoms with van der Waals surface area (Å²) in [5, 5.41) is 2.59. The van der Waals surface area contributed by atoms with E-state index in [1.807, 2.05) is 25.1 Å². The van der Waals surface area contributed by atoms with Crippen LogP contribution in [0.4, 0.5) is 5.69 Å². The summed E-state index contributed by atoms with van der Waals surface area (Å²) >= 11 is 0. The molecule has 1 aromatic heterocycles. The second-order valence-corrected chi connectivity index (χ2v) is 3.13. The predicted octanol–water partition coefficient (Wildman–Crippen LogP) is 2.22. The lowest BCUT2D eigenvalue weighted by Crippen LogP contribution is -1.94. The summed E-state index contributed by atoms with van der Waals surface area (Å²) in [5.41, 5.74) is 2.66. The van der Waals surface area contributed by atoms with E-state index in [4.69, 9.17) is 4.42 Å². The van der Waals surface area contributed by atoms with Crippen LogP contribution in [0.5, 0.6) is 0 Å². The van der Waals surface area contributed by atoms with Gasteiger partial charge in [0.25, 0.3) is 0 Å². The third-order valence-electron chi connectivity index (χ3n) is 2.13. The number of aromatic nitrogens is 1. The SMILES string of the molecule is Cc1ccc(NC=O)cc1-c1ncco1. The maximum absolute atomic E-state index is 10.3. The van der Waals surface area contributed by atoms with Crippen molar-refractivity contribution in [3.8, 4) is 11.5 Å². The zero-order valence-corrected chi connectivity index (χ0v) is 8.23. The molecule has 76 valence electrons. The number of anilines is 1. The summed E-state index contributed by atoms with van der Waals surface area (Å²) < 4.78 is 5.21. The fourth-order valence-electron chi connectivity index (χ4n) is 1.37. The molecule has 4 heteroatoms. The normalized spacial score (nSPS) is 9.93. The molecule has 0 radical (unpaired) electrons. The minimum atomic E-state index is 0.557. The van der Waals surface area contributed by atoms with Crippen LogP contribution >= 0.6 is 0 Å². The molecule has 2 aromatic rings. The molecule has 0 saturated heterocycles. The van der Waals surface area contributed by atoms with E-state index in [1.165, 1.54) is 6.26 Å². The standard InChI is InChI=1S/C11H10N2O2/c1-8-2-3-9(13-7-14)6-10(8)11-12-4-5-15-11/h2-7H,1H3,(H,13,14). The van der Waals surface area contributed by atoms with Gasteiger partial charge in [0.1, 0.15) is 6.26 Å². The smallest absolute Gasteiger partial charge is 0.226 e. The molecule has 0 saturated carbocycles. The lowest BCUT2D eigenvalue weighted by Gasteiger charge is -2.04. The maximum Gasteiger partial charge on any atom is 0.226 e. The van der Waals surface area contributed by atoms with Crippen molar-refractivity contribution < 1.29 is 9.21 Å². The van der Waals surface area contributed by atoms with Gasteiger partial charge in [-0.3, -0.25) is 4.79 Å². The first-order valence-corrected chi connectivity index (χ1v) is 4.52. The van der Waals surface area contributed by atoms with Gasteiger partial charge in [-0.15, -0.1) is 0 Å². The van der Waals surface area contributed by atoms with Crippen LogP contribution in [0, 0.1) is 6.92 Å². The van der Waals surface area contributed by atoms with Crippen molar-refractivity contribution in [2.45, 2.75) is 6.92 Å². The number of carbonyl (C=O) groups is 1. The largest absolute Gasteiger partial charge is 0.445 e. The van der Waals surface area contributed by atoms with E-state index in [0.717, 1.165) is 16.8 Å². The maximum atomic E-state index is 10.3. The monoisotopic (exact) mass is 202 g/mol. The lowest BCUT2D eigenvalue weighted by atomic mass is 10.1. The molecular weight excluding hydrogens is 192 g/mol. The highest BCUT2D eigenvalue weighted by molar-refractivity contribution is 5.75. The van der Waals surface area contributed by atoms with E-state index in [2.05, 4.69) is 10.3 Å². The van der Waals surface area contributed by atoms with E-state index < -0.39 is 0 Å². The predicted molar refractivity (Wildman–Crippen MR) is 56.4 cm³/mol. The summed E-state index contributed by atoms with van der Waals surface area (Å²) in [5.74, 6) is 0.557. The number of oxazole rings is 1. The van der Waals surface area contributed by atoms with Gasteiger partial charge >= 0.3 is 0 Å². The molecule has 1 N–H and O–H groups in total. The van der Waals surface area contributed by atoms with Crippen LogP contribution in [-0.4, -0.2) is 11.4 Å². The number of hydrogen-bond donors (Lipinski definition) is 1. The Hall–Kier alpha value is -2.10. The molecule has 0 spiro atoms. The van der Waals surface area contributed by atoms with Gasteiger partial charge < -0.3 is 9.73 Å². The Morgan fingerprint density at radius 3 is 3.00 bits per heavy atom. The highest BCUT2D eigenvalue weighted by Crippen LogP contribution is 2.24. The van der Waals surface area contributed by atoms with E-state index in [-0.39, 0.29) is 0 Å². The Kier molecular flexibility index (Phi) is 2.49. The number of nitrogens with zero attached hydrogens (tertiary/aromatic N) is 1. The van der Waals surface area contributed by atoms with Crippen molar-refractivity contribution in [3.63, 3.8) is 0 Å². The van der Waals surface area contributed by atoms with E-state index in [9.17, 15) is 4.79 Å². The lowest BCUT2D eigenvalue weighted by molar-refractivity contribution is -0.105. The van der Waals surface area contributed by atoms with Crippen molar-refractivity contribution in [1.82, 2.24) is 4.98 Å². The quantitative estimate of drug-likeness (QED) is 0.776. The Labute approximate surface area is 86.9 Å². The fourth-order valence-corrected chi connectivity index (χ4v) is 1.37. The number of benzene rings is 1. The molecule has 1 amide bonds. The minimum absolute atomic E-state index is 0.557. The molecule has 15 heavy (non-hydrogen) atoms. The van der Waals surface area contributed by atoms with Crippen molar-refractivity contribution in [3.05, 3.63) is 36.2 Å². The first-order chi connectivity index (χ1) is 7.31. The van der Waals surface area contributed by atoms with Gasteiger partial charge in [0, 0.05) is 11.3 Å². The highest BCUT2D eigenvalue weighted by Gasteiger charge is 2.06. The van der Waals surface area contributed by atoms with Crippen LogP contribution in [0.3, 0.4) is 0 Å². The molecule has 1 aromatic carbocycles. The van der Waals surface area contributed by atoms with Crippen LogP contribution in [-0.2, 0) is 4.79 Å². The molecular formula is C11H10N2O2. The Bertz CT molecular complexity index is 463. The fraction of sp³-hybridized carbons (Fsp3) is 0.0909. The summed E-state index contributed by atoms with van der Waals surface area (Å²) in [6.07, 6.45) is 3.76. The number of nitrogens with one attached hydrogen (secondary N) is 1. The van der Waals surface area contributed by atoms with Crippen molar-refractivity contribution >= 4 is 12.1 Å². The Balaban J connectivity index is 2.45. The zero-order chi connectivity index (χ0) is 10.7.